The van der Waals surface area contributed by atoms with E-state index in [9.17, 15) is 9.59 Å². The minimum atomic E-state index is -0.371. The molecule has 0 spiro atoms. The Balaban J connectivity index is 1.89. The standard InChI is InChI=1S/C15H19ClN6O3S/c1-9-19-20-15(22(9)17)26-8-14(24)21(2)7-13(23)18-11-6-10(16)4-5-12(11)25-3/h4-6H,7-8,17H2,1-3H3,(H,18,23). The number of aromatic nitrogens is 3. The van der Waals surface area contributed by atoms with Gasteiger partial charge in [0.1, 0.15) is 11.6 Å². The Labute approximate surface area is 159 Å². The van der Waals surface area contributed by atoms with E-state index >= 15 is 0 Å². The molecule has 0 atom stereocenters. The van der Waals surface area contributed by atoms with Crippen LogP contribution in [0.5, 0.6) is 5.75 Å². The first-order valence-electron chi connectivity index (χ1n) is 7.49. The number of nitrogens with one attached hydrogen (secondary N) is 1. The maximum Gasteiger partial charge on any atom is 0.244 e. The van der Waals surface area contributed by atoms with Crippen LogP contribution in [0.15, 0.2) is 23.4 Å². The number of likely N-dealkylation sites (N-methyl/N-ethyl adjacent to an activating group) is 1. The molecule has 1 aromatic heterocycles. The number of benzene rings is 1. The third kappa shape index (κ3) is 5.02. The van der Waals surface area contributed by atoms with Crippen LogP contribution in [0.1, 0.15) is 5.82 Å². The van der Waals surface area contributed by atoms with Gasteiger partial charge in [-0.15, -0.1) is 10.2 Å². The fourth-order valence-corrected chi connectivity index (χ4v) is 2.97. The van der Waals surface area contributed by atoms with Gasteiger partial charge in [-0.25, -0.2) is 4.68 Å². The van der Waals surface area contributed by atoms with E-state index < -0.39 is 0 Å². The number of rotatable bonds is 7. The van der Waals surface area contributed by atoms with Gasteiger partial charge in [-0.3, -0.25) is 9.59 Å². The number of nitrogens with two attached hydrogens (primary N) is 1. The number of carbonyl (C=O) groups is 2. The smallest absolute Gasteiger partial charge is 0.244 e. The zero-order valence-corrected chi connectivity index (χ0v) is 16.1. The molecule has 0 bridgehead atoms. The van der Waals surface area contributed by atoms with E-state index in [1.165, 1.54) is 23.7 Å². The van der Waals surface area contributed by atoms with E-state index in [1.807, 2.05) is 0 Å². The summed E-state index contributed by atoms with van der Waals surface area (Å²) in [6.45, 7) is 1.59. The second-order valence-electron chi connectivity index (χ2n) is 5.33. The monoisotopic (exact) mass is 398 g/mol. The maximum absolute atomic E-state index is 12.2. The highest BCUT2D eigenvalue weighted by Gasteiger charge is 2.16. The lowest BCUT2D eigenvalue weighted by atomic mass is 10.3. The van der Waals surface area contributed by atoms with Crippen LogP contribution >= 0.6 is 23.4 Å². The fraction of sp³-hybridized carbons (Fsp3) is 0.333. The SMILES string of the molecule is COc1ccc(Cl)cc1NC(=O)CN(C)C(=O)CSc1nnc(C)n1N. The van der Waals surface area contributed by atoms with Gasteiger partial charge in [0.2, 0.25) is 17.0 Å². The Morgan fingerprint density at radius 1 is 1.42 bits per heavy atom. The van der Waals surface area contributed by atoms with E-state index in [0.717, 1.165) is 11.8 Å². The van der Waals surface area contributed by atoms with Crippen molar-refractivity contribution in [3.63, 3.8) is 0 Å². The molecule has 0 fully saturated rings. The molecule has 0 radical (unpaired) electrons. The first kappa shape index (κ1) is 19.9. The highest BCUT2D eigenvalue weighted by atomic mass is 35.5. The Kier molecular flexibility index (Phi) is 6.70. The van der Waals surface area contributed by atoms with Crippen molar-refractivity contribution in [2.75, 3.05) is 37.6 Å². The van der Waals surface area contributed by atoms with Gasteiger partial charge >= 0.3 is 0 Å². The number of aryl methyl sites for hydroxylation is 1. The average molecular weight is 399 g/mol. The third-order valence-corrected chi connectivity index (χ3v) is 4.56. The summed E-state index contributed by atoms with van der Waals surface area (Å²) in [6, 6.07) is 4.88. The molecule has 0 saturated heterocycles. The van der Waals surface area contributed by atoms with Crippen molar-refractivity contribution in [1.29, 1.82) is 0 Å². The van der Waals surface area contributed by atoms with Crippen molar-refractivity contribution in [3.05, 3.63) is 29.0 Å². The molecular formula is C15H19ClN6O3S. The van der Waals surface area contributed by atoms with Gasteiger partial charge in [-0.05, 0) is 25.1 Å². The molecular weight excluding hydrogens is 380 g/mol. The number of halogens is 1. The topological polar surface area (TPSA) is 115 Å². The number of methoxy groups -OCH3 is 1. The van der Waals surface area contributed by atoms with Crippen LogP contribution in [0.4, 0.5) is 5.69 Å². The minimum Gasteiger partial charge on any atom is -0.495 e. The van der Waals surface area contributed by atoms with Crippen molar-refractivity contribution < 1.29 is 14.3 Å². The largest absolute Gasteiger partial charge is 0.495 e. The lowest BCUT2D eigenvalue weighted by molar-refractivity contribution is -0.131. The van der Waals surface area contributed by atoms with Gasteiger partial charge in [0, 0.05) is 12.1 Å². The van der Waals surface area contributed by atoms with Crippen molar-refractivity contribution in [3.8, 4) is 5.75 Å². The van der Waals surface area contributed by atoms with Crippen molar-refractivity contribution in [2.24, 2.45) is 0 Å². The molecule has 0 unspecified atom stereocenters. The predicted octanol–water partition coefficient (Wildman–Crippen LogP) is 1.15. The Morgan fingerprint density at radius 2 is 2.15 bits per heavy atom. The molecule has 3 N–H and O–H groups in total. The number of carbonyl (C=O) groups excluding carboxylic acids is 2. The zero-order valence-electron chi connectivity index (χ0n) is 14.5. The molecule has 2 rings (SSSR count). The van der Waals surface area contributed by atoms with E-state index in [-0.39, 0.29) is 24.1 Å². The lowest BCUT2D eigenvalue weighted by Crippen LogP contribution is -2.36. The molecule has 26 heavy (non-hydrogen) atoms. The number of ether oxygens (including phenoxy) is 1. The molecule has 0 saturated carbocycles. The molecule has 0 aliphatic heterocycles. The quantitative estimate of drug-likeness (QED) is 0.531. The second-order valence-corrected chi connectivity index (χ2v) is 6.71. The lowest BCUT2D eigenvalue weighted by Gasteiger charge is -2.17. The summed E-state index contributed by atoms with van der Waals surface area (Å²) in [7, 11) is 3.03. The second kappa shape index (κ2) is 8.77. The van der Waals surface area contributed by atoms with E-state index in [1.54, 1.807) is 25.1 Å². The molecule has 140 valence electrons. The molecule has 0 aliphatic carbocycles. The number of nitrogen functional groups attached to an aromatic ring is 1. The molecule has 9 nitrogen and oxygen atoms in total. The van der Waals surface area contributed by atoms with Crippen molar-refractivity contribution >= 4 is 40.9 Å². The van der Waals surface area contributed by atoms with Crippen molar-refractivity contribution in [1.82, 2.24) is 19.8 Å². The number of nitrogens with zero attached hydrogens (tertiary/aromatic N) is 4. The molecule has 2 amide bonds. The van der Waals surface area contributed by atoms with E-state index in [2.05, 4.69) is 15.5 Å². The summed E-state index contributed by atoms with van der Waals surface area (Å²) >= 11 is 7.08. The Morgan fingerprint density at radius 3 is 2.77 bits per heavy atom. The minimum absolute atomic E-state index is 0.0829. The van der Waals surface area contributed by atoms with Gasteiger partial charge < -0.3 is 20.8 Å². The van der Waals surface area contributed by atoms with E-state index in [4.69, 9.17) is 22.2 Å². The first-order chi connectivity index (χ1) is 12.3. The number of anilines is 1. The summed E-state index contributed by atoms with van der Waals surface area (Å²) in [6.07, 6.45) is 0. The van der Waals surface area contributed by atoms with Crippen LogP contribution < -0.4 is 15.9 Å². The molecule has 11 heteroatoms. The van der Waals surface area contributed by atoms with Gasteiger partial charge in [0.25, 0.3) is 0 Å². The van der Waals surface area contributed by atoms with Crippen LogP contribution in [-0.2, 0) is 9.59 Å². The van der Waals surface area contributed by atoms with Crippen molar-refractivity contribution in [2.45, 2.75) is 12.1 Å². The van der Waals surface area contributed by atoms with Crippen LogP contribution in [0.25, 0.3) is 0 Å². The summed E-state index contributed by atoms with van der Waals surface area (Å²) in [5, 5.41) is 11.2. The van der Waals surface area contributed by atoms with Crippen LogP contribution in [0.2, 0.25) is 5.02 Å². The highest BCUT2D eigenvalue weighted by molar-refractivity contribution is 7.99. The molecule has 1 aromatic carbocycles. The first-order valence-corrected chi connectivity index (χ1v) is 8.85. The normalized spacial score (nSPS) is 10.5. The van der Waals surface area contributed by atoms with Gasteiger partial charge in [-0.1, -0.05) is 23.4 Å². The summed E-state index contributed by atoms with van der Waals surface area (Å²) < 4.78 is 6.47. The van der Waals surface area contributed by atoms with Gasteiger partial charge in [0.05, 0.1) is 25.1 Å². The molecule has 0 aliphatic rings. The van der Waals surface area contributed by atoms with E-state index in [0.29, 0.717) is 27.4 Å². The summed E-state index contributed by atoms with van der Waals surface area (Å²) in [5.41, 5.74) is 0.437. The maximum atomic E-state index is 12.2. The predicted molar refractivity (Wildman–Crippen MR) is 99.9 cm³/mol. The fourth-order valence-electron chi connectivity index (χ4n) is 1.96. The van der Waals surface area contributed by atoms with Crippen LogP contribution in [-0.4, -0.2) is 58.0 Å². The van der Waals surface area contributed by atoms with Crippen LogP contribution in [0.3, 0.4) is 0 Å². The Hall–Kier alpha value is -2.46. The van der Waals surface area contributed by atoms with Gasteiger partial charge in [0.15, 0.2) is 0 Å². The zero-order chi connectivity index (χ0) is 19.3. The Bertz CT molecular complexity index is 813. The van der Waals surface area contributed by atoms with Crippen LogP contribution in [0, 0.1) is 6.92 Å². The third-order valence-electron chi connectivity index (χ3n) is 3.40. The molecule has 2 aromatic rings. The molecule has 1 heterocycles. The highest BCUT2D eigenvalue weighted by Crippen LogP contribution is 2.27. The number of amides is 2. The van der Waals surface area contributed by atoms with Gasteiger partial charge in [-0.2, -0.15) is 0 Å². The summed E-state index contributed by atoms with van der Waals surface area (Å²) in [5.74, 6) is 6.22. The summed E-state index contributed by atoms with van der Waals surface area (Å²) in [4.78, 5) is 25.7. The number of thioether (sulfide) groups is 1. The average Bonchev–Trinajstić information content (AvgIpc) is 2.91. The number of hydrogen-bond donors (Lipinski definition) is 2. The number of hydrogen-bond acceptors (Lipinski definition) is 7.